The van der Waals surface area contributed by atoms with Gasteiger partial charge in [0, 0.05) is 12.1 Å². The summed E-state index contributed by atoms with van der Waals surface area (Å²) in [5.41, 5.74) is 8.16. The lowest BCUT2D eigenvalue weighted by molar-refractivity contribution is 0.354. The highest BCUT2D eigenvalue weighted by atomic mass is 32.1. The lowest BCUT2D eigenvalue weighted by atomic mass is 9.90. The predicted molar refractivity (Wildman–Crippen MR) is 80.5 cm³/mol. The summed E-state index contributed by atoms with van der Waals surface area (Å²) in [6.45, 7) is 0.610. The molecule has 0 fully saturated rings. The summed E-state index contributed by atoms with van der Waals surface area (Å²) >= 11 is 4.95. The second-order valence-electron chi connectivity index (χ2n) is 4.35. The summed E-state index contributed by atoms with van der Waals surface area (Å²) in [6.07, 6.45) is 0.786. The molecular formula is C14H15N3O2S. The molecule has 1 heterocycles. The van der Waals surface area contributed by atoms with Crippen molar-refractivity contribution in [1.29, 1.82) is 5.26 Å². The molecule has 2 rings (SSSR count). The van der Waals surface area contributed by atoms with Crippen LogP contribution in [0.1, 0.15) is 11.1 Å². The SMILES string of the molecule is COc1cc2c(cc1OC)C(C(C#N)C(N)=S)=NCC2. The van der Waals surface area contributed by atoms with Gasteiger partial charge in [-0.1, -0.05) is 12.2 Å². The largest absolute Gasteiger partial charge is 0.493 e. The van der Waals surface area contributed by atoms with Gasteiger partial charge in [0.2, 0.25) is 0 Å². The molecule has 0 aliphatic carbocycles. The molecule has 6 heteroatoms. The van der Waals surface area contributed by atoms with E-state index in [9.17, 15) is 5.26 Å². The van der Waals surface area contributed by atoms with E-state index in [0.29, 0.717) is 23.8 Å². The molecule has 0 amide bonds. The van der Waals surface area contributed by atoms with Crippen LogP contribution in [0.2, 0.25) is 0 Å². The molecule has 0 bridgehead atoms. The fourth-order valence-corrected chi connectivity index (χ4v) is 2.42. The van der Waals surface area contributed by atoms with E-state index in [0.717, 1.165) is 17.5 Å². The van der Waals surface area contributed by atoms with Crippen LogP contribution in [0.25, 0.3) is 0 Å². The topological polar surface area (TPSA) is 80.6 Å². The Bertz CT molecular complexity index is 620. The van der Waals surface area contributed by atoms with Crippen LogP contribution in [0, 0.1) is 17.2 Å². The Morgan fingerprint density at radius 3 is 2.60 bits per heavy atom. The van der Waals surface area contributed by atoms with Crippen LogP contribution >= 0.6 is 12.2 Å². The number of aliphatic imine (C=N–C) groups is 1. The van der Waals surface area contributed by atoms with Crippen molar-refractivity contribution in [2.45, 2.75) is 6.42 Å². The molecule has 1 aliphatic heterocycles. The molecule has 1 atom stereocenters. The predicted octanol–water partition coefficient (Wildman–Crippen LogP) is 1.47. The zero-order chi connectivity index (χ0) is 14.7. The average molecular weight is 289 g/mol. The number of hydrogen-bond acceptors (Lipinski definition) is 5. The van der Waals surface area contributed by atoms with Gasteiger partial charge >= 0.3 is 0 Å². The van der Waals surface area contributed by atoms with Gasteiger partial charge in [0.25, 0.3) is 0 Å². The molecular weight excluding hydrogens is 274 g/mol. The highest BCUT2D eigenvalue weighted by Crippen LogP contribution is 2.33. The van der Waals surface area contributed by atoms with Crippen LogP contribution in [0.15, 0.2) is 17.1 Å². The van der Waals surface area contributed by atoms with Crippen LogP contribution in [-0.2, 0) is 6.42 Å². The zero-order valence-electron chi connectivity index (χ0n) is 11.3. The van der Waals surface area contributed by atoms with Gasteiger partial charge < -0.3 is 15.2 Å². The fourth-order valence-electron chi connectivity index (χ4n) is 2.25. The lowest BCUT2D eigenvalue weighted by Gasteiger charge is -2.21. The molecule has 0 aromatic heterocycles. The number of benzene rings is 1. The smallest absolute Gasteiger partial charge is 0.161 e. The first-order valence-electron chi connectivity index (χ1n) is 6.11. The molecule has 1 aliphatic rings. The first-order valence-corrected chi connectivity index (χ1v) is 6.51. The van der Waals surface area contributed by atoms with Crippen molar-refractivity contribution in [3.8, 4) is 17.6 Å². The fraction of sp³-hybridized carbons (Fsp3) is 0.357. The molecule has 104 valence electrons. The third kappa shape index (κ3) is 2.45. The Morgan fingerprint density at radius 2 is 2.05 bits per heavy atom. The second-order valence-corrected chi connectivity index (χ2v) is 4.82. The van der Waals surface area contributed by atoms with E-state index < -0.39 is 5.92 Å². The van der Waals surface area contributed by atoms with E-state index in [-0.39, 0.29) is 4.99 Å². The second kappa shape index (κ2) is 5.88. The van der Waals surface area contributed by atoms with E-state index in [1.807, 2.05) is 12.1 Å². The first-order chi connectivity index (χ1) is 9.62. The number of nitrogens with two attached hydrogens (primary N) is 1. The minimum atomic E-state index is -0.679. The van der Waals surface area contributed by atoms with Gasteiger partial charge in [0.15, 0.2) is 11.5 Å². The number of nitrogens with zero attached hydrogens (tertiary/aromatic N) is 2. The molecule has 0 radical (unpaired) electrons. The van der Waals surface area contributed by atoms with Gasteiger partial charge in [-0.05, 0) is 24.1 Å². The van der Waals surface area contributed by atoms with Crippen LogP contribution < -0.4 is 15.2 Å². The van der Waals surface area contributed by atoms with Gasteiger partial charge in [-0.2, -0.15) is 5.26 Å². The Morgan fingerprint density at radius 1 is 1.40 bits per heavy atom. The summed E-state index contributed by atoms with van der Waals surface area (Å²) in [5, 5.41) is 9.25. The van der Waals surface area contributed by atoms with E-state index in [1.54, 1.807) is 14.2 Å². The van der Waals surface area contributed by atoms with Crippen molar-refractivity contribution in [2.75, 3.05) is 20.8 Å². The summed E-state index contributed by atoms with van der Waals surface area (Å²) in [6, 6.07) is 5.85. The Labute approximate surface area is 123 Å². The molecule has 1 aromatic carbocycles. The third-order valence-electron chi connectivity index (χ3n) is 3.24. The van der Waals surface area contributed by atoms with Crippen molar-refractivity contribution in [3.05, 3.63) is 23.3 Å². The van der Waals surface area contributed by atoms with Crippen LogP contribution in [-0.4, -0.2) is 31.5 Å². The normalized spacial score (nSPS) is 14.6. The Kier molecular flexibility index (Phi) is 4.20. The van der Waals surface area contributed by atoms with Crippen LogP contribution in [0.3, 0.4) is 0 Å². The molecule has 5 nitrogen and oxygen atoms in total. The Balaban J connectivity index is 2.56. The summed E-state index contributed by atoms with van der Waals surface area (Å²) < 4.78 is 10.6. The maximum atomic E-state index is 9.25. The van der Waals surface area contributed by atoms with Crippen molar-refractivity contribution < 1.29 is 9.47 Å². The maximum Gasteiger partial charge on any atom is 0.161 e. The van der Waals surface area contributed by atoms with Gasteiger partial charge in [0.05, 0.1) is 31.0 Å². The maximum absolute atomic E-state index is 9.25. The summed E-state index contributed by atoms with van der Waals surface area (Å²) in [7, 11) is 3.16. The van der Waals surface area contributed by atoms with Crippen molar-refractivity contribution in [3.63, 3.8) is 0 Å². The van der Waals surface area contributed by atoms with E-state index >= 15 is 0 Å². The van der Waals surface area contributed by atoms with Crippen LogP contribution in [0.4, 0.5) is 0 Å². The van der Waals surface area contributed by atoms with E-state index in [1.165, 1.54) is 0 Å². The number of methoxy groups -OCH3 is 2. The molecule has 1 unspecified atom stereocenters. The van der Waals surface area contributed by atoms with Gasteiger partial charge in [-0.15, -0.1) is 0 Å². The standard InChI is InChI=1S/C14H15N3O2S/c1-18-11-5-8-3-4-17-13(10(7-15)14(16)20)9(8)6-12(11)19-2/h5-6,10H,3-4H2,1-2H3,(H2,16,20). The molecule has 1 aromatic rings. The van der Waals surface area contributed by atoms with Gasteiger partial charge in [0.1, 0.15) is 5.92 Å². The summed E-state index contributed by atoms with van der Waals surface area (Å²) in [5.74, 6) is 0.582. The molecule has 0 saturated carbocycles. The highest BCUT2D eigenvalue weighted by Gasteiger charge is 2.26. The van der Waals surface area contributed by atoms with Crippen molar-refractivity contribution >= 4 is 22.9 Å². The van der Waals surface area contributed by atoms with E-state index in [4.69, 9.17) is 27.4 Å². The number of rotatable bonds is 4. The number of thiocarbonyl (C=S) groups is 1. The number of ether oxygens (including phenoxy) is 2. The minimum absolute atomic E-state index is 0.133. The van der Waals surface area contributed by atoms with E-state index in [2.05, 4.69) is 11.1 Å². The highest BCUT2D eigenvalue weighted by molar-refractivity contribution is 7.80. The molecule has 20 heavy (non-hydrogen) atoms. The third-order valence-corrected chi connectivity index (χ3v) is 3.47. The zero-order valence-corrected chi connectivity index (χ0v) is 12.2. The lowest BCUT2D eigenvalue weighted by Crippen LogP contribution is -2.31. The van der Waals surface area contributed by atoms with Gasteiger partial charge in [-0.3, -0.25) is 4.99 Å². The van der Waals surface area contributed by atoms with Crippen molar-refractivity contribution in [1.82, 2.24) is 0 Å². The summed E-state index contributed by atoms with van der Waals surface area (Å²) in [4.78, 5) is 4.56. The quantitative estimate of drug-likeness (QED) is 0.849. The Hall–Kier alpha value is -2.13. The van der Waals surface area contributed by atoms with Crippen LogP contribution in [0.5, 0.6) is 11.5 Å². The molecule has 2 N–H and O–H groups in total. The van der Waals surface area contributed by atoms with Crippen molar-refractivity contribution in [2.24, 2.45) is 16.6 Å². The number of nitriles is 1. The molecule has 0 spiro atoms. The molecule has 0 saturated heterocycles. The monoisotopic (exact) mass is 289 g/mol. The van der Waals surface area contributed by atoms with Gasteiger partial charge in [-0.25, -0.2) is 0 Å². The minimum Gasteiger partial charge on any atom is -0.493 e. The number of fused-ring (bicyclic) bond motifs is 1. The number of hydrogen-bond donors (Lipinski definition) is 1. The average Bonchev–Trinajstić information content (AvgIpc) is 2.46. The first kappa shape index (κ1) is 14.3.